The van der Waals surface area contributed by atoms with Crippen LogP contribution in [0.3, 0.4) is 0 Å². The van der Waals surface area contributed by atoms with E-state index in [4.69, 9.17) is 0 Å². The first-order valence-corrected chi connectivity index (χ1v) is 6.62. The molecule has 0 radical (unpaired) electrons. The zero-order valence-electron chi connectivity index (χ0n) is 10.9. The van der Waals surface area contributed by atoms with Gasteiger partial charge in [-0.05, 0) is 31.7 Å². The van der Waals surface area contributed by atoms with Gasteiger partial charge < -0.3 is 10.0 Å². The maximum absolute atomic E-state index is 10.4. The predicted molar refractivity (Wildman–Crippen MR) is 66.4 cm³/mol. The van der Waals surface area contributed by atoms with E-state index in [1.165, 1.54) is 0 Å². The smallest absolute Gasteiger partial charge is 0.0779 e. The highest BCUT2D eigenvalue weighted by atomic mass is 16.3. The lowest BCUT2D eigenvalue weighted by Crippen LogP contribution is -2.56. The number of rotatable bonds is 3. The van der Waals surface area contributed by atoms with Crippen molar-refractivity contribution in [1.82, 2.24) is 9.80 Å². The van der Waals surface area contributed by atoms with Crippen LogP contribution in [0.1, 0.15) is 26.7 Å². The summed E-state index contributed by atoms with van der Waals surface area (Å²) < 4.78 is 0. The van der Waals surface area contributed by atoms with Crippen molar-refractivity contribution >= 4 is 0 Å². The van der Waals surface area contributed by atoms with Crippen LogP contribution in [0.2, 0.25) is 0 Å². The lowest BCUT2D eigenvalue weighted by atomic mass is 9.66. The molecule has 2 rings (SSSR count). The molecule has 16 heavy (non-hydrogen) atoms. The summed E-state index contributed by atoms with van der Waals surface area (Å²) in [5.74, 6) is 1.48. The standard InChI is InChI=1S/C13H26N2O/c1-11(2)12-8-13(16,9-12)10-15-6-4-14(3)5-7-15/h11-12,16H,4-10H2,1-3H3. The van der Waals surface area contributed by atoms with Gasteiger partial charge >= 0.3 is 0 Å². The molecular formula is C13H26N2O. The molecule has 1 aliphatic carbocycles. The minimum absolute atomic E-state index is 0.370. The highest BCUT2D eigenvalue weighted by Crippen LogP contribution is 2.42. The third-order valence-corrected chi connectivity index (χ3v) is 4.34. The third-order valence-electron chi connectivity index (χ3n) is 4.34. The van der Waals surface area contributed by atoms with E-state index >= 15 is 0 Å². The van der Waals surface area contributed by atoms with E-state index in [1.54, 1.807) is 0 Å². The molecule has 1 saturated carbocycles. The van der Waals surface area contributed by atoms with Crippen molar-refractivity contribution in [3.63, 3.8) is 0 Å². The highest BCUT2D eigenvalue weighted by molar-refractivity contribution is 4.97. The number of likely N-dealkylation sites (N-methyl/N-ethyl adjacent to an activating group) is 1. The van der Waals surface area contributed by atoms with Gasteiger partial charge in [-0.25, -0.2) is 0 Å². The average Bonchev–Trinajstić information content (AvgIpc) is 2.17. The van der Waals surface area contributed by atoms with Gasteiger partial charge in [-0.15, -0.1) is 0 Å². The molecule has 1 saturated heterocycles. The Morgan fingerprint density at radius 2 is 1.75 bits per heavy atom. The monoisotopic (exact) mass is 226 g/mol. The maximum atomic E-state index is 10.4. The summed E-state index contributed by atoms with van der Waals surface area (Å²) in [6.45, 7) is 9.94. The van der Waals surface area contributed by atoms with Crippen LogP contribution >= 0.6 is 0 Å². The Balaban J connectivity index is 1.74. The first kappa shape index (κ1) is 12.3. The molecule has 1 heterocycles. The summed E-state index contributed by atoms with van der Waals surface area (Å²) in [6, 6.07) is 0. The van der Waals surface area contributed by atoms with Gasteiger partial charge in [-0.2, -0.15) is 0 Å². The van der Waals surface area contributed by atoms with Crippen LogP contribution in [0.25, 0.3) is 0 Å². The van der Waals surface area contributed by atoms with Gasteiger partial charge in [-0.3, -0.25) is 4.90 Å². The molecule has 2 fully saturated rings. The van der Waals surface area contributed by atoms with Gasteiger partial charge in [-0.1, -0.05) is 13.8 Å². The quantitative estimate of drug-likeness (QED) is 0.778. The van der Waals surface area contributed by atoms with Crippen molar-refractivity contribution in [3.8, 4) is 0 Å². The highest BCUT2D eigenvalue weighted by Gasteiger charge is 2.44. The molecule has 0 aromatic carbocycles. The van der Waals surface area contributed by atoms with E-state index in [0.29, 0.717) is 0 Å². The van der Waals surface area contributed by atoms with Gasteiger partial charge in [0.05, 0.1) is 5.60 Å². The number of nitrogens with zero attached hydrogens (tertiary/aromatic N) is 2. The topological polar surface area (TPSA) is 26.7 Å². The second-order valence-electron chi connectivity index (χ2n) is 6.22. The van der Waals surface area contributed by atoms with Gasteiger partial charge in [0, 0.05) is 32.7 Å². The summed E-state index contributed by atoms with van der Waals surface area (Å²) >= 11 is 0. The van der Waals surface area contributed by atoms with E-state index in [-0.39, 0.29) is 5.60 Å². The zero-order valence-corrected chi connectivity index (χ0v) is 10.9. The Labute approximate surface area is 99.4 Å². The largest absolute Gasteiger partial charge is 0.389 e. The first-order chi connectivity index (χ1) is 7.48. The lowest BCUT2D eigenvalue weighted by molar-refractivity contribution is -0.108. The second kappa shape index (κ2) is 4.63. The van der Waals surface area contributed by atoms with Crippen LogP contribution in [-0.4, -0.2) is 60.3 Å². The van der Waals surface area contributed by atoms with Crippen LogP contribution in [0.4, 0.5) is 0 Å². The minimum Gasteiger partial charge on any atom is -0.389 e. The molecule has 0 aromatic heterocycles. The Bertz CT molecular complexity index is 228. The van der Waals surface area contributed by atoms with Gasteiger partial charge in [0.2, 0.25) is 0 Å². The summed E-state index contributed by atoms with van der Waals surface area (Å²) in [7, 11) is 2.17. The Morgan fingerprint density at radius 1 is 1.19 bits per heavy atom. The van der Waals surface area contributed by atoms with Crippen LogP contribution in [-0.2, 0) is 0 Å². The van der Waals surface area contributed by atoms with E-state index < -0.39 is 0 Å². The van der Waals surface area contributed by atoms with Crippen LogP contribution in [0.5, 0.6) is 0 Å². The molecule has 0 unspecified atom stereocenters. The van der Waals surface area contributed by atoms with Crippen molar-refractivity contribution in [1.29, 1.82) is 0 Å². The number of hydrogen-bond donors (Lipinski definition) is 1. The van der Waals surface area contributed by atoms with E-state index in [9.17, 15) is 5.11 Å². The first-order valence-electron chi connectivity index (χ1n) is 6.62. The SMILES string of the molecule is CC(C)C1CC(O)(CN2CCN(C)CC2)C1. The molecule has 0 aromatic rings. The predicted octanol–water partition coefficient (Wildman–Crippen LogP) is 1.03. The lowest BCUT2D eigenvalue weighted by Gasteiger charge is -2.49. The third kappa shape index (κ3) is 2.76. The molecule has 0 spiro atoms. The van der Waals surface area contributed by atoms with Gasteiger partial charge in [0.1, 0.15) is 0 Å². The molecule has 1 N–H and O–H groups in total. The number of hydrogen-bond acceptors (Lipinski definition) is 3. The zero-order chi connectivity index (χ0) is 11.8. The van der Waals surface area contributed by atoms with Crippen LogP contribution in [0.15, 0.2) is 0 Å². The minimum atomic E-state index is -0.370. The molecule has 2 aliphatic rings. The summed E-state index contributed by atoms with van der Waals surface area (Å²) in [5.41, 5.74) is -0.370. The average molecular weight is 226 g/mol. The Hall–Kier alpha value is -0.120. The molecule has 3 nitrogen and oxygen atoms in total. The maximum Gasteiger partial charge on any atom is 0.0779 e. The summed E-state index contributed by atoms with van der Waals surface area (Å²) in [4.78, 5) is 4.79. The molecule has 0 bridgehead atoms. The molecule has 94 valence electrons. The number of piperazine rings is 1. The Morgan fingerprint density at radius 3 is 2.25 bits per heavy atom. The molecule has 0 atom stereocenters. The van der Waals surface area contributed by atoms with Gasteiger partial charge in [0.25, 0.3) is 0 Å². The molecule has 1 aliphatic heterocycles. The van der Waals surface area contributed by atoms with Crippen molar-refractivity contribution in [3.05, 3.63) is 0 Å². The van der Waals surface area contributed by atoms with E-state index in [1.807, 2.05) is 0 Å². The van der Waals surface area contributed by atoms with Crippen LogP contribution < -0.4 is 0 Å². The van der Waals surface area contributed by atoms with Crippen LogP contribution in [0, 0.1) is 11.8 Å². The summed E-state index contributed by atoms with van der Waals surface area (Å²) in [5, 5.41) is 10.4. The van der Waals surface area contributed by atoms with Crippen molar-refractivity contribution in [2.45, 2.75) is 32.3 Å². The number of β-amino-alcohol motifs (C(OH)–C–C–N with tert-alkyl or cyclic N) is 1. The second-order valence-corrected chi connectivity index (χ2v) is 6.22. The fourth-order valence-corrected chi connectivity index (χ4v) is 2.94. The number of aliphatic hydroxyl groups is 1. The fourth-order valence-electron chi connectivity index (χ4n) is 2.94. The summed E-state index contributed by atoms with van der Waals surface area (Å²) in [6.07, 6.45) is 2.02. The molecular weight excluding hydrogens is 200 g/mol. The van der Waals surface area contributed by atoms with Gasteiger partial charge in [0.15, 0.2) is 0 Å². The van der Waals surface area contributed by atoms with Crippen molar-refractivity contribution < 1.29 is 5.11 Å². The Kier molecular flexibility index (Phi) is 3.57. The van der Waals surface area contributed by atoms with Crippen molar-refractivity contribution in [2.24, 2.45) is 11.8 Å². The molecule has 0 amide bonds. The van der Waals surface area contributed by atoms with E-state index in [2.05, 4.69) is 30.7 Å². The fraction of sp³-hybridized carbons (Fsp3) is 1.00. The normalized spacial score (nSPS) is 37.7. The van der Waals surface area contributed by atoms with E-state index in [0.717, 1.165) is 57.4 Å². The van der Waals surface area contributed by atoms with Crippen molar-refractivity contribution in [2.75, 3.05) is 39.8 Å². The molecule has 3 heteroatoms.